The van der Waals surface area contributed by atoms with Crippen molar-refractivity contribution in [2.75, 3.05) is 24.2 Å². The molecule has 1 fully saturated rings. The lowest BCUT2D eigenvalue weighted by Gasteiger charge is -2.19. The number of hydrogen-bond acceptors (Lipinski definition) is 5. The average Bonchev–Trinajstić information content (AvgIpc) is 3.11. The number of nitrogens with zero attached hydrogens (tertiary/aromatic N) is 2. The Hall–Kier alpha value is -1.54. The van der Waals surface area contributed by atoms with Gasteiger partial charge in [-0.05, 0) is 18.8 Å². The van der Waals surface area contributed by atoms with Gasteiger partial charge in [-0.2, -0.15) is 5.26 Å². The summed E-state index contributed by atoms with van der Waals surface area (Å²) in [4.78, 5) is 14.8. The summed E-state index contributed by atoms with van der Waals surface area (Å²) in [6.07, 6.45) is 1.91. The standard InChI is InChI=1S/C14H19N3OS/c1-8(2)7-17(3)14-10(6-15)11(16)13(19-14)12(18)9-4-5-9/h8-9H,4-5,7,16H2,1-3H3. The monoisotopic (exact) mass is 277 g/mol. The zero-order valence-electron chi connectivity index (χ0n) is 11.6. The minimum atomic E-state index is 0.114. The highest BCUT2D eigenvalue weighted by atomic mass is 32.1. The molecule has 1 aromatic rings. The number of rotatable bonds is 5. The zero-order chi connectivity index (χ0) is 14.2. The zero-order valence-corrected chi connectivity index (χ0v) is 12.4. The molecule has 2 N–H and O–H groups in total. The number of carbonyl (C=O) groups is 1. The number of anilines is 2. The van der Waals surface area contributed by atoms with Crippen molar-refractivity contribution in [1.29, 1.82) is 5.26 Å². The smallest absolute Gasteiger partial charge is 0.178 e. The van der Waals surface area contributed by atoms with Crippen molar-refractivity contribution in [3.8, 4) is 6.07 Å². The number of nitriles is 1. The molecule has 0 unspecified atom stereocenters. The van der Waals surface area contributed by atoms with Crippen LogP contribution >= 0.6 is 11.3 Å². The molecule has 5 heteroatoms. The summed E-state index contributed by atoms with van der Waals surface area (Å²) in [7, 11) is 1.94. The van der Waals surface area contributed by atoms with Crippen LogP contribution in [0.3, 0.4) is 0 Å². The normalized spacial score (nSPS) is 14.5. The van der Waals surface area contributed by atoms with Crippen molar-refractivity contribution in [3.63, 3.8) is 0 Å². The SMILES string of the molecule is CC(C)CN(C)c1sc(C(=O)C2CC2)c(N)c1C#N. The van der Waals surface area contributed by atoms with Gasteiger partial charge in [0, 0.05) is 19.5 Å². The second-order valence-corrected chi connectivity index (χ2v) is 6.55. The molecule has 1 aliphatic rings. The molecule has 0 spiro atoms. The Morgan fingerprint density at radius 1 is 1.58 bits per heavy atom. The maximum atomic E-state index is 12.2. The van der Waals surface area contributed by atoms with E-state index in [2.05, 4.69) is 19.9 Å². The Morgan fingerprint density at radius 2 is 2.21 bits per heavy atom. The summed E-state index contributed by atoms with van der Waals surface area (Å²) in [5.41, 5.74) is 6.82. The molecule has 0 aliphatic heterocycles. The van der Waals surface area contributed by atoms with Gasteiger partial charge in [-0.3, -0.25) is 4.79 Å². The summed E-state index contributed by atoms with van der Waals surface area (Å²) in [5.74, 6) is 0.737. The second-order valence-electron chi connectivity index (χ2n) is 5.55. The van der Waals surface area contributed by atoms with E-state index in [0.717, 1.165) is 24.4 Å². The Balaban J connectivity index is 2.35. The van der Waals surface area contributed by atoms with Gasteiger partial charge >= 0.3 is 0 Å². The number of hydrogen-bond donors (Lipinski definition) is 1. The molecule has 0 saturated heterocycles. The largest absolute Gasteiger partial charge is 0.396 e. The van der Waals surface area contributed by atoms with Crippen LogP contribution in [-0.2, 0) is 0 Å². The van der Waals surface area contributed by atoms with Crippen LogP contribution in [-0.4, -0.2) is 19.4 Å². The molecule has 102 valence electrons. The number of carbonyl (C=O) groups excluding carboxylic acids is 1. The summed E-state index contributed by atoms with van der Waals surface area (Å²) in [6.45, 7) is 5.08. The minimum Gasteiger partial charge on any atom is -0.396 e. The highest BCUT2D eigenvalue weighted by molar-refractivity contribution is 7.19. The average molecular weight is 277 g/mol. The summed E-state index contributed by atoms with van der Waals surface area (Å²) < 4.78 is 0. The highest BCUT2D eigenvalue weighted by Crippen LogP contribution is 2.42. The molecule has 0 atom stereocenters. The van der Waals surface area contributed by atoms with Crippen molar-refractivity contribution in [2.24, 2.45) is 11.8 Å². The first-order valence-electron chi connectivity index (χ1n) is 6.53. The molecular weight excluding hydrogens is 258 g/mol. The van der Waals surface area contributed by atoms with E-state index in [-0.39, 0.29) is 11.7 Å². The first-order chi connectivity index (χ1) is 8.95. The van der Waals surface area contributed by atoms with Crippen LogP contribution in [0.2, 0.25) is 0 Å². The van der Waals surface area contributed by atoms with Gasteiger partial charge in [-0.25, -0.2) is 0 Å². The predicted octanol–water partition coefficient (Wildman–Crippen LogP) is 2.89. The third-order valence-electron chi connectivity index (χ3n) is 3.20. The van der Waals surface area contributed by atoms with Crippen molar-refractivity contribution in [2.45, 2.75) is 26.7 Å². The van der Waals surface area contributed by atoms with E-state index in [9.17, 15) is 10.1 Å². The van der Waals surface area contributed by atoms with Crippen molar-refractivity contribution in [1.82, 2.24) is 0 Å². The van der Waals surface area contributed by atoms with Gasteiger partial charge in [0.05, 0.1) is 10.6 Å². The van der Waals surface area contributed by atoms with Gasteiger partial charge in [0.2, 0.25) is 0 Å². The molecule has 0 bridgehead atoms. The number of nitrogen functional groups attached to an aromatic ring is 1. The van der Waals surface area contributed by atoms with Gasteiger partial charge in [-0.15, -0.1) is 11.3 Å². The number of ketones is 1. The third-order valence-corrected chi connectivity index (χ3v) is 4.53. The fourth-order valence-electron chi connectivity index (χ4n) is 2.15. The van der Waals surface area contributed by atoms with Gasteiger partial charge in [0.15, 0.2) is 5.78 Å². The molecule has 0 aromatic carbocycles. The summed E-state index contributed by atoms with van der Waals surface area (Å²) >= 11 is 1.37. The third kappa shape index (κ3) is 2.74. The van der Waals surface area contributed by atoms with Crippen LogP contribution in [0.4, 0.5) is 10.7 Å². The lowest BCUT2D eigenvalue weighted by atomic mass is 10.1. The van der Waals surface area contributed by atoms with Gasteiger partial charge < -0.3 is 10.6 Å². The molecule has 19 heavy (non-hydrogen) atoms. The number of nitrogens with two attached hydrogens (primary N) is 1. The van der Waals surface area contributed by atoms with E-state index < -0.39 is 0 Å². The Morgan fingerprint density at radius 3 is 2.68 bits per heavy atom. The van der Waals surface area contributed by atoms with Crippen molar-refractivity contribution >= 4 is 27.8 Å². The van der Waals surface area contributed by atoms with Crippen LogP contribution in [0.15, 0.2) is 0 Å². The van der Waals surface area contributed by atoms with Crippen LogP contribution in [0, 0.1) is 23.2 Å². The Bertz CT molecular complexity index is 538. The van der Waals surface area contributed by atoms with E-state index in [1.54, 1.807) is 0 Å². The second kappa shape index (κ2) is 5.22. The van der Waals surface area contributed by atoms with E-state index in [0.29, 0.717) is 22.0 Å². The number of Topliss-reactive ketones (excluding diaryl/α,β-unsaturated/α-hetero) is 1. The quantitative estimate of drug-likeness (QED) is 0.840. The molecule has 1 heterocycles. The number of thiophene rings is 1. The van der Waals surface area contributed by atoms with Crippen LogP contribution in [0.25, 0.3) is 0 Å². The maximum absolute atomic E-state index is 12.2. The summed E-state index contributed by atoms with van der Waals surface area (Å²) in [6, 6.07) is 2.14. The first-order valence-corrected chi connectivity index (χ1v) is 7.35. The topological polar surface area (TPSA) is 70.1 Å². The molecular formula is C14H19N3OS. The molecule has 1 saturated carbocycles. The highest BCUT2D eigenvalue weighted by Gasteiger charge is 2.34. The molecule has 2 rings (SSSR count). The van der Waals surface area contributed by atoms with Gasteiger partial charge in [0.25, 0.3) is 0 Å². The van der Waals surface area contributed by atoms with Crippen LogP contribution < -0.4 is 10.6 Å². The van der Waals surface area contributed by atoms with Gasteiger partial charge in [-0.1, -0.05) is 13.8 Å². The van der Waals surface area contributed by atoms with E-state index in [4.69, 9.17) is 5.73 Å². The molecule has 0 amide bonds. The van der Waals surface area contributed by atoms with Gasteiger partial charge in [0.1, 0.15) is 16.6 Å². The van der Waals surface area contributed by atoms with Crippen LogP contribution in [0.5, 0.6) is 0 Å². The minimum absolute atomic E-state index is 0.114. The molecule has 1 aliphatic carbocycles. The van der Waals surface area contributed by atoms with Crippen molar-refractivity contribution < 1.29 is 4.79 Å². The Kier molecular flexibility index (Phi) is 3.81. The lowest BCUT2D eigenvalue weighted by molar-refractivity contribution is 0.0972. The lowest BCUT2D eigenvalue weighted by Crippen LogP contribution is -2.22. The fraction of sp³-hybridized carbons (Fsp3) is 0.571. The van der Waals surface area contributed by atoms with E-state index in [1.807, 2.05) is 11.9 Å². The van der Waals surface area contributed by atoms with Crippen LogP contribution in [0.1, 0.15) is 41.9 Å². The fourth-order valence-corrected chi connectivity index (χ4v) is 3.31. The molecule has 0 radical (unpaired) electrons. The Labute approximate surface area is 117 Å². The molecule has 1 aromatic heterocycles. The first kappa shape index (κ1) is 13.9. The van der Waals surface area contributed by atoms with Crippen molar-refractivity contribution in [3.05, 3.63) is 10.4 Å². The predicted molar refractivity (Wildman–Crippen MR) is 78.6 cm³/mol. The summed E-state index contributed by atoms with van der Waals surface area (Å²) in [5, 5.41) is 10.1. The molecule has 4 nitrogen and oxygen atoms in total. The maximum Gasteiger partial charge on any atom is 0.178 e. The van der Waals surface area contributed by atoms with E-state index in [1.165, 1.54) is 11.3 Å². The van der Waals surface area contributed by atoms with E-state index >= 15 is 0 Å².